The fraction of sp³-hybridized carbons (Fsp3) is 0.941. The van der Waals surface area contributed by atoms with Gasteiger partial charge in [0.15, 0.2) is 6.10 Å². The molecule has 9 unspecified atom stereocenters. The number of aliphatic hydroxyl groups is 1. The van der Waals surface area contributed by atoms with Gasteiger partial charge in [-0.25, -0.2) is 0 Å². The van der Waals surface area contributed by atoms with Gasteiger partial charge in [-0.1, -0.05) is 20.8 Å². The Morgan fingerprint density at radius 2 is 1.68 bits per heavy atom. The van der Waals surface area contributed by atoms with E-state index in [9.17, 15) is 14.7 Å². The Balaban J connectivity index is 1.09. The summed E-state index contributed by atoms with van der Waals surface area (Å²) in [7, 11) is 0. The molecule has 2 N–H and O–H groups in total. The summed E-state index contributed by atoms with van der Waals surface area (Å²) in [4.78, 5) is 24.7. The summed E-state index contributed by atoms with van der Waals surface area (Å²) in [5, 5.41) is 14.1. The van der Waals surface area contributed by atoms with Crippen molar-refractivity contribution >= 4 is 11.9 Å². The van der Waals surface area contributed by atoms with Crippen LogP contribution in [-0.2, 0) is 23.8 Å². The van der Waals surface area contributed by atoms with Gasteiger partial charge in [-0.2, -0.15) is 0 Å². The molecule has 0 aromatic heterocycles. The van der Waals surface area contributed by atoms with Crippen LogP contribution in [0.1, 0.15) is 106 Å². The fourth-order valence-electron chi connectivity index (χ4n) is 12.2. The molecule has 0 aromatic carbocycles. The average Bonchev–Trinajstić information content (AvgIpc) is 3.42. The van der Waals surface area contributed by atoms with E-state index in [1.807, 2.05) is 0 Å². The molecule has 7 aliphatic rings. The minimum absolute atomic E-state index is 0.0118. The first-order chi connectivity index (χ1) is 19.2. The van der Waals surface area contributed by atoms with E-state index in [2.05, 4.69) is 26.1 Å². The van der Waals surface area contributed by atoms with Gasteiger partial charge in [0.05, 0.1) is 23.7 Å². The second-order valence-corrected chi connectivity index (χ2v) is 16.8. The first kappa shape index (κ1) is 28.6. The zero-order valence-corrected chi connectivity index (χ0v) is 26.2. The van der Waals surface area contributed by atoms with E-state index in [0.717, 1.165) is 44.7 Å². The summed E-state index contributed by atoms with van der Waals surface area (Å²) in [5.41, 5.74) is 0.0384. The largest absolute Gasteiger partial charge is 0.462 e. The lowest BCUT2D eigenvalue weighted by Crippen LogP contribution is -2.56. The molecule has 7 nitrogen and oxygen atoms in total. The predicted molar refractivity (Wildman–Crippen MR) is 154 cm³/mol. The van der Waals surface area contributed by atoms with Gasteiger partial charge in [0, 0.05) is 25.4 Å². The molecular formula is C34H53NO6. The topological polar surface area (TPSA) is 94.1 Å². The van der Waals surface area contributed by atoms with Crippen LogP contribution >= 0.6 is 0 Å². The first-order valence-electron chi connectivity index (χ1n) is 16.7. The zero-order chi connectivity index (χ0) is 29.2. The average molecular weight is 572 g/mol. The van der Waals surface area contributed by atoms with Crippen molar-refractivity contribution in [3.63, 3.8) is 0 Å². The van der Waals surface area contributed by atoms with Crippen molar-refractivity contribution in [2.24, 2.45) is 51.2 Å². The van der Waals surface area contributed by atoms with E-state index < -0.39 is 11.7 Å². The first-order valence-corrected chi connectivity index (χ1v) is 16.7. The Labute approximate surface area is 246 Å². The number of hydrogen-bond acceptors (Lipinski definition) is 7. The fourth-order valence-corrected chi connectivity index (χ4v) is 12.2. The molecule has 7 fully saturated rings. The molecule has 41 heavy (non-hydrogen) atoms. The molecule has 7 rings (SSSR count). The number of hydrogen-bond donors (Lipinski definition) is 2. The summed E-state index contributed by atoms with van der Waals surface area (Å²) in [6.07, 6.45) is 11.1. The molecule has 5 aliphatic carbocycles. The summed E-state index contributed by atoms with van der Waals surface area (Å²) >= 11 is 0. The number of fused-ring (bicyclic) bond motifs is 4. The smallest absolute Gasteiger partial charge is 0.311 e. The molecule has 2 spiro atoms. The van der Waals surface area contributed by atoms with Crippen LogP contribution in [0.4, 0.5) is 0 Å². The van der Waals surface area contributed by atoms with Crippen molar-refractivity contribution in [2.45, 2.75) is 136 Å². The van der Waals surface area contributed by atoms with E-state index in [0.29, 0.717) is 34.0 Å². The Morgan fingerprint density at radius 3 is 2.34 bits per heavy atom. The SMILES string of the molecule is CC(=O)O[C@@H](C1CCC2C(CC3C4CCC5C(C)(C)[C@@H](OC(=O)C6CNC6)CCC56CC46CCC23C)O1)C(C)(C)O. The third-order valence-corrected chi connectivity index (χ3v) is 14.3. The van der Waals surface area contributed by atoms with Gasteiger partial charge in [0.25, 0.3) is 0 Å². The minimum atomic E-state index is -1.14. The molecule has 2 saturated heterocycles. The Morgan fingerprint density at radius 1 is 0.951 bits per heavy atom. The highest BCUT2D eigenvalue weighted by Gasteiger charge is 2.81. The molecule has 2 aliphatic heterocycles. The molecule has 7 heteroatoms. The Kier molecular flexibility index (Phi) is 6.39. The van der Waals surface area contributed by atoms with E-state index in [-0.39, 0.29) is 41.6 Å². The van der Waals surface area contributed by atoms with Crippen LogP contribution in [0, 0.1) is 51.2 Å². The van der Waals surface area contributed by atoms with E-state index >= 15 is 0 Å². The maximum absolute atomic E-state index is 12.8. The summed E-state index contributed by atoms with van der Waals surface area (Å²) in [5.74, 6) is 2.28. The van der Waals surface area contributed by atoms with Gasteiger partial charge in [-0.05, 0) is 118 Å². The molecule has 5 saturated carbocycles. The van der Waals surface area contributed by atoms with Crippen molar-refractivity contribution in [1.29, 1.82) is 0 Å². The summed E-state index contributed by atoms with van der Waals surface area (Å²) in [6, 6.07) is 0. The van der Waals surface area contributed by atoms with Crippen LogP contribution < -0.4 is 5.32 Å². The molecule has 0 aromatic rings. The third-order valence-electron chi connectivity index (χ3n) is 14.3. The molecular weight excluding hydrogens is 518 g/mol. The van der Waals surface area contributed by atoms with E-state index in [1.165, 1.54) is 45.4 Å². The molecule has 2 heterocycles. The highest BCUT2D eigenvalue weighted by Crippen LogP contribution is 2.87. The number of carbonyl (C=O) groups is 2. The molecule has 230 valence electrons. The van der Waals surface area contributed by atoms with E-state index in [4.69, 9.17) is 14.2 Å². The third kappa shape index (κ3) is 3.99. The monoisotopic (exact) mass is 571 g/mol. The molecule has 11 atom stereocenters. The van der Waals surface area contributed by atoms with Crippen molar-refractivity contribution in [3.8, 4) is 0 Å². The van der Waals surface area contributed by atoms with Crippen molar-refractivity contribution in [3.05, 3.63) is 0 Å². The molecule has 0 amide bonds. The Hall–Kier alpha value is -1.18. The van der Waals surface area contributed by atoms with Gasteiger partial charge in [-0.15, -0.1) is 0 Å². The predicted octanol–water partition coefficient (Wildman–Crippen LogP) is 5.03. The van der Waals surface area contributed by atoms with Crippen LogP contribution in [0.5, 0.6) is 0 Å². The van der Waals surface area contributed by atoms with Crippen molar-refractivity contribution in [1.82, 2.24) is 5.32 Å². The van der Waals surface area contributed by atoms with E-state index in [1.54, 1.807) is 13.8 Å². The lowest BCUT2D eigenvalue weighted by atomic mass is 9.46. The number of esters is 2. The van der Waals surface area contributed by atoms with Crippen LogP contribution in [0.25, 0.3) is 0 Å². The van der Waals surface area contributed by atoms with Gasteiger partial charge < -0.3 is 24.6 Å². The maximum Gasteiger partial charge on any atom is 0.311 e. The number of nitrogens with one attached hydrogen (secondary N) is 1. The van der Waals surface area contributed by atoms with Gasteiger partial charge in [-0.3, -0.25) is 9.59 Å². The van der Waals surface area contributed by atoms with Gasteiger partial charge in [0.1, 0.15) is 6.10 Å². The molecule has 0 radical (unpaired) electrons. The van der Waals surface area contributed by atoms with Crippen LogP contribution in [0.2, 0.25) is 0 Å². The second kappa shape index (κ2) is 9.17. The molecule has 0 bridgehead atoms. The van der Waals surface area contributed by atoms with Gasteiger partial charge >= 0.3 is 11.9 Å². The standard InChI is InChI=1S/C34H53NO6/c1-19(36)39-28(31(4,5)38)24-9-7-22-25(40-24)15-23-21-8-10-26-30(2,3)27(41-29(37)20-16-35-17-20)11-12-34(26)18-33(21,34)14-13-32(22,23)6/h20-28,35,38H,7-18H2,1-6H3/t21?,22?,23?,24?,25?,26?,27-,28-,32?,33?,34?/m0/s1. The van der Waals surface area contributed by atoms with Crippen LogP contribution in [0.3, 0.4) is 0 Å². The van der Waals surface area contributed by atoms with Crippen molar-refractivity contribution in [2.75, 3.05) is 13.1 Å². The van der Waals surface area contributed by atoms with Crippen LogP contribution in [0.15, 0.2) is 0 Å². The lowest BCUT2D eigenvalue weighted by molar-refractivity contribution is -0.200. The Bertz CT molecular complexity index is 1100. The highest BCUT2D eigenvalue weighted by atomic mass is 16.6. The lowest BCUT2D eigenvalue weighted by Gasteiger charge is -2.59. The minimum Gasteiger partial charge on any atom is -0.462 e. The van der Waals surface area contributed by atoms with Crippen LogP contribution in [-0.4, -0.2) is 60.2 Å². The highest BCUT2D eigenvalue weighted by molar-refractivity contribution is 5.74. The maximum atomic E-state index is 12.8. The second-order valence-electron chi connectivity index (χ2n) is 16.8. The number of ether oxygens (including phenoxy) is 3. The summed E-state index contributed by atoms with van der Waals surface area (Å²) < 4.78 is 18.7. The normalized spacial score (nSPS) is 48.7. The van der Waals surface area contributed by atoms with Gasteiger partial charge in [0.2, 0.25) is 0 Å². The number of rotatable bonds is 5. The number of carbonyl (C=O) groups excluding carboxylic acids is 2. The summed E-state index contributed by atoms with van der Waals surface area (Å²) in [6.45, 7) is 13.8. The quantitative estimate of drug-likeness (QED) is 0.447. The van der Waals surface area contributed by atoms with Crippen molar-refractivity contribution < 1.29 is 28.9 Å². The zero-order valence-electron chi connectivity index (χ0n) is 26.2.